The smallest absolute Gasteiger partial charge is 0.244 e. The number of nitrogens with one attached hydrogen (secondary N) is 1. The Bertz CT molecular complexity index is 1120. The van der Waals surface area contributed by atoms with E-state index in [9.17, 15) is 18.0 Å². The van der Waals surface area contributed by atoms with Gasteiger partial charge in [0.25, 0.3) is 0 Å². The lowest BCUT2D eigenvalue weighted by molar-refractivity contribution is -0.139. The molecule has 0 aliphatic carbocycles. The van der Waals surface area contributed by atoms with Crippen molar-refractivity contribution in [2.45, 2.75) is 59.2 Å². The molecule has 8 nitrogen and oxygen atoms in total. The third-order valence-corrected chi connectivity index (χ3v) is 7.10. The normalized spacial score (nSPS) is 13.0. The number of carbonyl (C=O) groups is 2. The molecule has 1 N–H and O–H groups in total. The van der Waals surface area contributed by atoms with Gasteiger partial charge in [-0.1, -0.05) is 44.2 Å². The van der Waals surface area contributed by atoms with Gasteiger partial charge in [-0.05, 0) is 56.0 Å². The van der Waals surface area contributed by atoms with Gasteiger partial charge in [-0.2, -0.15) is 0 Å². The lowest BCUT2D eigenvalue weighted by atomic mass is 10.1. The molecule has 0 unspecified atom stereocenters. The van der Waals surface area contributed by atoms with Crippen LogP contribution < -0.4 is 14.4 Å². The molecule has 2 aromatic carbocycles. The number of hydrogen-bond acceptors (Lipinski definition) is 5. The van der Waals surface area contributed by atoms with Crippen molar-refractivity contribution in [3.63, 3.8) is 0 Å². The summed E-state index contributed by atoms with van der Waals surface area (Å²) < 4.78 is 31.9. The average molecular weight is 504 g/mol. The first-order chi connectivity index (χ1) is 16.5. The number of amides is 2. The Kier molecular flexibility index (Phi) is 10.1. The van der Waals surface area contributed by atoms with Crippen molar-refractivity contribution in [1.29, 1.82) is 0 Å². The standard InChI is InChI=1S/C26H37N3O5S/c1-7-19(3)27-26(31)20(4)28(17-21-12-11-14-23(16-21)34-5)25(30)18-29(35(6,32)33)24-15-10-9-13-22(24)8-2/h9-16,19-20H,7-8,17-18H2,1-6H3,(H,27,31)/t19-,20-/m1/s1. The van der Waals surface area contributed by atoms with Crippen LogP contribution in [0.3, 0.4) is 0 Å². The summed E-state index contributed by atoms with van der Waals surface area (Å²) in [6, 6.07) is 13.5. The SMILES string of the molecule is CCc1ccccc1N(CC(=O)N(Cc1cccc(OC)c1)[C@H](C)C(=O)N[C@H](C)CC)S(C)(=O)=O. The quantitative estimate of drug-likeness (QED) is 0.479. The van der Waals surface area contributed by atoms with Crippen LogP contribution in [0.15, 0.2) is 48.5 Å². The average Bonchev–Trinajstić information content (AvgIpc) is 2.84. The maximum absolute atomic E-state index is 13.6. The summed E-state index contributed by atoms with van der Waals surface area (Å²) in [5, 5.41) is 2.92. The molecule has 0 saturated carbocycles. The van der Waals surface area contributed by atoms with E-state index < -0.39 is 28.5 Å². The highest BCUT2D eigenvalue weighted by Crippen LogP contribution is 2.24. The highest BCUT2D eigenvalue weighted by molar-refractivity contribution is 7.92. The van der Waals surface area contributed by atoms with Gasteiger partial charge in [0, 0.05) is 12.6 Å². The second-order valence-electron chi connectivity index (χ2n) is 8.62. The monoisotopic (exact) mass is 503 g/mol. The molecule has 0 aliphatic rings. The highest BCUT2D eigenvalue weighted by atomic mass is 32.2. The molecule has 35 heavy (non-hydrogen) atoms. The molecule has 0 radical (unpaired) electrons. The zero-order chi connectivity index (χ0) is 26.2. The first-order valence-electron chi connectivity index (χ1n) is 11.8. The van der Waals surface area contributed by atoms with Crippen LogP contribution in [-0.4, -0.2) is 57.1 Å². The van der Waals surface area contributed by atoms with E-state index >= 15 is 0 Å². The van der Waals surface area contributed by atoms with Crippen LogP contribution in [0.1, 0.15) is 45.2 Å². The molecule has 0 fully saturated rings. The number of para-hydroxylation sites is 1. The Labute approximate surface area is 209 Å². The van der Waals surface area contributed by atoms with Gasteiger partial charge in [-0.15, -0.1) is 0 Å². The van der Waals surface area contributed by atoms with E-state index in [1.54, 1.807) is 44.4 Å². The molecule has 0 heterocycles. The zero-order valence-corrected chi connectivity index (χ0v) is 22.3. The maximum atomic E-state index is 13.6. The van der Waals surface area contributed by atoms with Crippen LogP contribution in [0, 0.1) is 0 Å². The molecule has 0 bridgehead atoms. The lowest BCUT2D eigenvalue weighted by Gasteiger charge is -2.32. The number of carbonyl (C=O) groups excluding carboxylic acids is 2. The molecule has 0 spiro atoms. The third kappa shape index (κ3) is 7.71. The van der Waals surface area contributed by atoms with E-state index in [0.717, 1.165) is 28.1 Å². The molecule has 2 rings (SSSR count). The summed E-state index contributed by atoms with van der Waals surface area (Å²) in [4.78, 5) is 28.0. The van der Waals surface area contributed by atoms with Crippen LogP contribution in [0.2, 0.25) is 0 Å². The van der Waals surface area contributed by atoms with E-state index in [-0.39, 0.29) is 18.5 Å². The van der Waals surface area contributed by atoms with Crippen molar-refractivity contribution in [3.8, 4) is 5.75 Å². The van der Waals surface area contributed by atoms with Crippen molar-refractivity contribution in [2.75, 3.05) is 24.2 Å². The Hall–Kier alpha value is -3.07. The number of sulfonamides is 1. The molecule has 0 saturated heterocycles. The molecule has 2 amide bonds. The fourth-order valence-electron chi connectivity index (χ4n) is 3.66. The predicted molar refractivity (Wildman–Crippen MR) is 139 cm³/mol. The molecule has 0 aliphatic heterocycles. The van der Waals surface area contributed by atoms with Crippen LogP contribution in [0.25, 0.3) is 0 Å². The molecule has 192 valence electrons. The number of nitrogens with zero attached hydrogens (tertiary/aromatic N) is 2. The van der Waals surface area contributed by atoms with Crippen molar-refractivity contribution in [2.24, 2.45) is 0 Å². The van der Waals surface area contributed by atoms with Crippen LogP contribution >= 0.6 is 0 Å². The van der Waals surface area contributed by atoms with Gasteiger partial charge >= 0.3 is 0 Å². The highest BCUT2D eigenvalue weighted by Gasteiger charge is 2.31. The summed E-state index contributed by atoms with van der Waals surface area (Å²) >= 11 is 0. The summed E-state index contributed by atoms with van der Waals surface area (Å²) in [6.45, 7) is 7.15. The van der Waals surface area contributed by atoms with Crippen LogP contribution in [0.5, 0.6) is 5.75 Å². The number of methoxy groups -OCH3 is 1. The van der Waals surface area contributed by atoms with Gasteiger partial charge < -0.3 is 15.0 Å². The van der Waals surface area contributed by atoms with E-state index in [1.165, 1.54) is 4.90 Å². The summed E-state index contributed by atoms with van der Waals surface area (Å²) in [7, 11) is -2.21. The zero-order valence-electron chi connectivity index (χ0n) is 21.4. The van der Waals surface area contributed by atoms with Gasteiger partial charge in [-0.25, -0.2) is 8.42 Å². The van der Waals surface area contributed by atoms with Crippen molar-refractivity contribution in [3.05, 3.63) is 59.7 Å². The van der Waals surface area contributed by atoms with E-state index in [1.807, 2.05) is 39.0 Å². The van der Waals surface area contributed by atoms with Gasteiger partial charge in [0.05, 0.1) is 19.1 Å². The molecule has 9 heteroatoms. The van der Waals surface area contributed by atoms with E-state index in [0.29, 0.717) is 17.9 Å². The number of benzene rings is 2. The Morgan fingerprint density at radius 1 is 1.06 bits per heavy atom. The van der Waals surface area contributed by atoms with Gasteiger partial charge in [0.2, 0.25) is 21.8 Å². The summed E-state index contributed by atoms with van der Waals surface area (Å²) in [5.74, 6) is -0.146. The largest absolute Gasteiger partial charge is 0.497 e. The van der Waals surface area contributed by atoms with Gasteiger partial charge in [0.15, 0.2) is 0 Å². The van der Waals surface area contributed by atoms with Crippen LogP contribution in [0.4, 0.5) is 5.69 Å². The molecular weight excluding hydrogens is 466 g/mol. The number of rotatable bonds is 12. The summed E-state index contributed by atoms with van der Waals surface area (Å²) in [6.07, 6.45) is 2.44. The predicted octanol–water partition coefficient (Wildman–Crippen LogP) is 3.36. The number of ether oxygens (including phenoxy) is 1. The fourth-order valence-corrected chi connectivity index (χ4v) is 4.54. The van der Waals surface area contributed by atoms with Gasteiger partial charge in [0.1, 0.15) is 18.3 Å². The molecule has 2 atom stereocenters. The second kappa shape index (κ2) is 12.6. The van der Waals surface area contributed by atoms with Crippen molar-refractivity contribution >= 4 is 27.5 Å². The van der Waals surface area contributed by atoms with Gasteiger partial charge in [-0.3, -0.25) is 13.9 Å². The topological polar surface area (TPSA) is 96.0 Å². The minimum absolute atomic E-state index is 0.0531. The number of hydrogen-bond donors (Lipinski definition) is 1. The van der Waals surface area contributed by atoms with Crippen molar-refractivity contribution in [1.82, 2.24) is 10.2 Å². The lowest BCUT2D eigenvalue weighted by Crippen LogP contribution is -2.52. The molecule has 2 aromatic rings. The minimum Gasteiger partial charge on any atom is -0.497 e. The Morgan fingerprint density at radius 2 is 1.74 bits per heavy atom. The first kappa shape index (κ1) is 28.2. The molecule has 0 aromatic heterocycles. The summed E-state index contributed by atoms with van der Waals surface area (Å²) in [5.41, 5.74) is 2.04. The minimum atomic E-state index is -3.77. The number of anilines is 1. The third-order valence-electron chi connectivity index (χ3n) is 5.98. The second-order valence-corrected chi connectivity index (χ2v) is 10.5. The molecular formula is C26H37N3O5S. The first-order valence-corrected chi connectivity index (χ1v) is 13.6. The van der Waals surface area contributed by atoms with Crippen LogP contribution in [-0.2, 0) is 32.6 Å². The number of aryl methyl sites for hydroxylation is 1. The van der Waals surface area contributed by atoms with E-state index in [4.69, 9.17) is 4.74 Å². The fraction of sp³-hybridized carbons (Fsp3) is 0.462. The van der Waals surface area contributed by atoms with Crippen molar-refractivity contribution < 1.29 is 22.7 Å². The van der Waals surface area contributed by atoms with E-state index in [2.05, 4.69) is 5.32 Å². The Morgan fingerprint density at radius 3 is 2.34 bits per heavy atom. The maximum Gasteiger partial charge on any atom is 0.244 e. The Balaban J connectivity index is 2.44.